The third-order valence-electron chi connectivity index (χ3n) is 5.12. The number of halogens is 1. The van der Waals surface area contributed by atoms with Gasteiger partial charge in [0.05, 0.1) is 5.69 Å². The molecule has 29 heavy (non-hydrogen) atoms. The zero-order valence-corrected chi connectivity index (χ0v) is 16.3. The molecule has 154 valence electrons. The molecule has 0 aromatic heterocycles. The number of rotatable bonds is 7. The van der Waals surface area contributed by atoms with Crippen molar-refractivity contribution in [3.8, 4) is 0 Å². The number of hydrogen-bond donors (Lipinski definition) is 2. The zero-order valence-electron chi connectivity index (χ0n) is 16.3. The molecule has 0 saturated carbocycles. The number of benzene rings is 2. The number of hydrogen-bond acceptors (Lipinski definition) is 3. The summed E-state index contributed by atoms with van der Waals surface area (Å²) < 4.78 is 14.0. The molecule has 6 nitrogen and oxygen atoms in total. The monoisotopic (exact) mass is 399 g/mol. The van der Waals surface area contributed by atoms with Crippen LogP contribution in [0.15, 0.2) is 54.6 Å². The lowest BCUT2D eigenvalue weighted by molar-refractivity contribution is -0.137. The van der Waals surface area contributed by atoms with Crippen molar-refractivity contribution in [1.82, 2.24) is 10.2 Å². The van der Waals surface area contributed by atoms with Crippen LogP contribution in [0, 0.1) is 5.82 Å². The Kier molecular flexibility index (Phi) is 7.05. The smallest absolute Gasteiger partial charge is 0.317 e. The van der Waals surface area contributed by atoms with Crippen molar-refractivity contribution in [1.29, 1.82) is 0 Å². The van der Waals surface area contributed by atoms with Crippen LogP contribution in [0.3, 0.4) is 0 Å². The van der Waals surface area contributed by atoms with E-state index in [1.807, 2.05) is 35.2 Å². The van der Waals surface area contributed by atoms with E-state index in [0.717, 1.165) is 5.56 Å². The molecule has 0 spiro atoms. The van der Waals surface area contributed by atoms with Crippen LogP contribution in [0.25, 0.3) is 0 Å². The van der Waals surface area contributed by atoms with Gasteiger partial charge in [-0.25, -0.2) is 9.18 Å². The highest BCUT2D eigenvalue weighted by Crippen LogP contribution is 2.20. The standard InChI is InChI=1S/C22H26FN3O3/c23-19-8-4-5-9-20(19)25-12-14-26(15-13-25)22(29)24-18(10-11-21(27)28)16-17-6-2-1-3-7-17/h1-9,18H,10-16H2,(H,24,29)(H,27,28). The van der Waals surface area contributed by atoms with Gasteiger partial charge in [0.15, 0.2) is 0 Å². The fourth-order valence-electron chi connectivity index (χ4n) is 3.55. The molecule has 1 saturated heterocycles. The Morgan fingerprint density at radius 1 is 1.00 bits per heavy atom. The van der Waals surface area contributed by atoms with Crippen LogP contribution in [0.1, 0.15) is 18.4 Å². The molecule has 2 amide bonds. The molecule has 0 aliphatic carbocycles. The third kappa shape index (κ3) is 5.94. The Labute approximate surface area is 169 Å². The summed E-state index contributed by atoms with van der Waals surface area (Å²) in [6, 6.07) is 15.9. The number of amides is 2. The lowest BCUT2D eigenvalue weighted by Gasteiger charge is -2.36. The topological polar surface area (TPSA) is 72.9 Å². The second kappa shape index (κ2) is 9.91. The summed E-state index contributed by atoms with van der Waals surface area (Å²) in [4.78, 5) is 27.4. The molecule has 7 heteroatoms. The summed E-state index contributed by atoms with van der Waals surface area (Å²) >= 11 is 0. The minimum absolute atomic E-state index is 0.00115. The predicted molar refractivity (Wildman–Crippen MR) is 110 cm³/mol. The molecule has 2 aromatic carbocycles. The number of carbonyl (C=O) groups is 2. The van der Waals surface area contributed by atoms with Crippen LogP contribution < -0.4 is 10.2 Å². The summed E-state index contributed by atoms with van der Waals surface area (Å²) in [5.41, 5.74) is 1.60. The first kappa shape index (κ1) is 20.6. The summed E-state index contributed by atoms with van der Waals surface area (Å²) in [7, 11) is 0. The minimum Gasteiger partial charge on any atom is -0.481 e. The van der Waals surface area contributed by atoms with Gasteiger partial charge in [-0.3, -0.25) is 4.79 Å². The molecule has 1 atom stereocenters. The van der Waals surface area contributed by atoms with Crippen LogP contribution in [0.4, 0.5) is 14.9 Å². The van der Waals surface area contributed by atoms with Crippen molar-refractivity contribution >= 4 is 17.7 Å². The summed E-state index contributed by atoms with van der Waals surface area (Å²) in [6.07, 6.45) is 0.944. The van der Waals surface area contributed by atoms with E-state index in [1.165, 1.54) is 6.07 Å². The minimum atomic E-state index is -0.879. The molecule has 1 heterocycles. The number of nitrogens with zero attached hydrogens (tertiary/aromatic N) is 2. The summed E-state index contributed by atoms with van der Waals surface area (Å²) in [6.45, 7) is 2.06. The van der Waals surface area contributed by atoms with Crippen molar-refractivity contribution < 1.29 is 19.1 Å². The van der Waals surface area contributed by atoms with Gasteiger partial charge in [-0.15, -0.1) is 0 Å². The van der Waals surface area contributed by atoms with E-state index in [4.69, 9.17) is 5.11 Å². The fraction of sp³-hybridized carbons (Fsp3) is 0.364. The van der Waals surface area contributed by atoms with Gasteiger partial charge in [0.25, 0.3) is 0 Å². The van der Waals surface area contributed by atoms with Crippen LogP contribution in [0.5, 0.6) is 0 Å². The van der Waals surface area contributed by atoms with Gasteiger partial charge in [-0.05, 0) is 30.5 Å². The molecular weight excluding hydrogens is 373 g/mol. The Hall–Kier alpha value is -3.09. The molecular formula is C22H26FN3O3. The number of carboxylic acid groups (broad SMARTS) is 1. The molecule has 0 radical (unpaired) electrons. The van der Waals surface area contributed by atoms with E-state index in [9.17, 15) is 14.0 Å². The van der Waals surface area contributed by atoms with E-state index >= 15 is 0 Å². The maximum atomic E-state index is 14.0. The van der Waals surface area contributed by atoms with Crippen molar-refractivity contribution in [3.63, 3.8) is 0 Å². The van der Waals surface area contributed by atoms with E-state index in [2.05, 4.69) is 5.32 Å². The first-order valence-electron chi connectivity index (χ1n) is 9.83. The van der Waals surface area contributed by atoms with Gasteiger partial charge >= 0.3 is 12.0 Å². The largest absolute Gasteiger partial charge is 0.481 e. The first-order chi connectivity index (χ1) is 14.0. The second-order valence-electron chi connectivity index (χ2n) is 7.19. The number of aliphatic carboxylic acids is 1. The second-order valence-corrected chi connectivity index (χ2v) is 7.19. The highest BCUT2D eigenvalue weighted by atomic mass is 19.1. The Bertz CT molecular complexity index is 823. The Morgan fingerprint density at radius 2 is 1.66 bits per heavy atom. The van der Waals surface area contributed by atoms with Gasteiger partial charge in [0, 0.05) is 38.6 Å². The van der Waals surface area contributed by atoms with Crippen LogP contribution in [0.2, 0.25) is 0 Å². The van der Waals surface area contributed by atoms with Crippen molar-refractivity contribution in [3.05, 3.63) is 66.0 Å². The molecule has 1 unspecified atom stereocenters. The van der Waals surface area contributed by atoms with E-state index in [1.54, 1.807) is 23.1 Å². The number of urea groups is 1. The van der Waals surface area contributed by atoms with Gasteiger partial charge in [0.1, 0.15) is 5.82 Å². The zero-order chi connectivity index (χ0) is 20.6. The Morgan fingerprint density at radius 3 is 2.31 bits per heavy atom. The highest BCUT2D eigenvalue weighted by Gasteiger charge is 2.24. The van der Waals surface area contributed by atoms with Crippen molar-refractivity contribution in [2.75, 3.05) is 31.1 Å². The van der Waals surface area contributed by atoms with Crippen molar-refractivity contribution in [2.45, 2.75) is 25.3 Å². The quantitative estimate of drug-likeness (QED) is 0.750. The van der Waals surface area contributed by atoms with E-state index < -0.39 is 5.97 Å². The first-order valence-corrected chi connectivity index (χ1v) is 9.83. The molecule has 2 aromatic rings. The Balaban J connectivity index is 1.56. The van der Waals surface area contributed by atoms with Crippen LogP contribution in [-0.4, -0.2) is 54.2 Å². The van der Waals surface area contributed by atoms with E-state index in [-0.39, 0.29) is 24.3 Å². The third-order valence-corrected chi connectivity index (χ3v) is 5.12. The molecule has 3 rings (SSSR count). The van der Waals surface area contributed by atoms with Crippen LogP contribution in [-0.2, 0) is 11.2 Å². The summed E-state index contributed by atoms with van der Waals surface area (Å²) in [5.74, 6) is -1.14. The maximum Gasteiger partial charge on any atom is 0.317 e. The predicted octanol–water partition coefficient (Wildman–Crippen LogP) is 3.13. The molecule has 1 aliphatic heterocycles. The van der Waals surface area contributed by atoms with Gasteiger partial charge in [-0.1, -0.05) is 42.5 Å². The molecule has 1 aliphatic rings. The SMILES string of the molecule is O=C(O)CCC(Cc1ccccc1)NC(=O)N1CCN(c2ccccc2F)CC1. The number of anilines is 1. The number of piperazine rings is 1. The lowest BCUT2D eigenvalue weighted by Crippen LogP contribution is -2.54. The van der Waals surface area contributed by atoms with Crippen molar-refractivity contribution in [2.24, 2.45) is 0 Å². The lowest BCUT2D eigenvalue weighted by atomic mass is 10.0. The average Bonchev–Trinajstić information content (AvgIpc) is 2.73. The highest BCUT2D eigenvalue weighted by molar-refractivity contribution is 5.75. The molecule has 2 N–H and O–H groups in total. The number of nitrogens with one attached hydrogen (secondary N) is 1. The van der Waals surface area contributed by atoms with Crippen LogP contribution >= 0.6 is 0 Å². The van der Waals surface area contributed by atoms with Gasteiger partial charge in [0.2, 0.25) is 0 Å². The average molecular weight is 399 g/mol. The fourth-order valence-corrected chi connectivity index (χ4v) is 3.55. The summed E-state index contributed by atoms with van der Waals surface area (Å²) in [5, 5.41) is 12.0. The number of carboxylic acids is 1. The maximum absolute atomic E-state index is 14.0. The van der Waals surface area contributed by atoms with E-state index in [0.29, 0.717) is 44.7 Å². The number of carbonyl (C=O) groups excluding carboxylic acids is 1. The van der Waals surface area contributed by atoms with Gasteiger partial charge in [-0.2, -0.15) is 0 Å². The van der Waals surface area contributed by atoms with Gasteiger partial charge < -0.3 is 20.2 Å². The number of para-hydroxylation sites is 1. The molecule has 1 fully saturated rings. The molecule has 0 bridgehead atoms. The normalized spacial score (nSPS) is 15.1.